The number of rotatable bonds is 7. The number of benzene rings is 2. The first kappa shape index (κ1) is 21.1. The number of ether oxygens (including phenoxy) is 1. The average molecular weight is 419 g/mol. The van der Waals surface area contributed by atoms with Crippen molar-refractivity contribution in [1.82, 2.24) is 20.0 Å². The molecule has 1 heterocycles. The topological polar surface area (TPSA) is 59.4 Å². The van der Waals surface area contributed by atoms with Crippen LogP contribution in [0.3, 0.4) is 0 Å². The molecule has 0 bridgehead atoms. The highest BCUT2D eigenvalue weighted by Gasteiger charge is 2.28. The summed E-state index contributed by atoms with van der Waals surface area (Å²) in [5.41, 5.74) is 6.14. The van der Waals surface area contributed by atoms with Crippen LogP contribution < -0.4 is 10.1 Å². The largest absolute Gasteiger partial charge is 0.497 e. The van der Waals surface area contributed by atoms with Crippen LogP contribution in [0.1, 0.15) is 45.3 Å². The molecule has 0 saturated carbocycles. The molecule has 1 amide bonds. The maximum Gasteiger partial charge on any atom is 0.272 e. The summed E-state index contributed by atoms with van der Waals surface area (Å²) in [6, 6.07) is 16.2. The van der Waals surface area contributed by atoms with Crippen molar-refractivity contribution in [3.05, 3.63) is 76.6 Å². The molecule has 6 heteroatoms. The van der Waals surface area contributed by atoms with Gasteiger partial charge in [0.2, 0.25) is 0 Å². The molecule has 0 saturated heterocycles. The average Bonchev–Trinajstić information content (AvgIpc) is 3.37. The summed E-state index contributed by atoms with van der Waals surface area (Å²) >= 11 is 0. The number of amides is 1. The van der Waals surface area contributed by atoms with Crippen molar-refractivity contribution < 1.29 is 9.53 Å². The minimum atomic E-state index is -0.106. The fourth-order valence-corrected chi connectivity index (χ4v) is 4.32. The Hall–Kier alpha value is -3.12. The second kappa shape index (κ2) is 8.94. The number of para-hydroxylation sites is 1. The van der Waals surface area contributed by atoms with Crippen LogP contribution in [-0.2, 0) is 12.8 Å². The van der Waals surface area contributed by atoms with Gasteiger partial charge in [-0.2, -0.15) is 5.10 Å². The first-order chi connectivity index (χ1) is 15.0. The molecule has 6 nitrogen and oxygen atoms in total. The summed E-state index contributed by atoms with van der Waals surface area (Å²) in [5, 5.41) is 7.88. The summed E-state index contributed by atoms with van der Waals surface area (Å²) in [4.78, 5) is 15.3. The standard InChI is InChI=1S/C25H30N4O2/c1-17-8-5-6-10-21(17)29-22-11-7-9-20(22)24(27-29)25(30)26-16-23(28(2)3)18-12-14-19(31-4)15-13-18/h5-6,8,10,12-15,23H,7,9,11,16H2,1-4H3,(H,26,30). The lowest BCUT2D eigenvalue weighted by Gasteiger charge is -2.25. The SMILES string of the molecule is COc1ccc(C(CNC(=O)c2nn(-c3ccccc3C)c3c2CCC3)N(C)C)cc1. The van der Waals surface area contributed by atoms with E-state index in [-0.39, 0.29) is 11.9 Å². The number of carbonyl (C=O) groups excluding carboxylic acids is 1. The molecule has 2 aromatic carbocycles. The molecule has 1 aliphatic carbocycles. The smallest absolute Gasteiger partial charge is 0.272 e. The van der Waals surface area contributed by atoms with Crippen LogP contribution in [0, 0.1) is 6.92 Å². The summed E-state index contributed by atoms with van der Waals surface area (Å²) in [6.45, 7) is 2.58. The van der Waals surface area contributed by atoms with Crippen molar-refractivity contribution in [2.24, 2.45) is 0 Å². The highest BCUT2D eigenvalue weighted by Crippen LogP contribution is 2.29. The van der Waals surface area contributed by atoms with Crippen molar-refractivity contribution in [2.45, 2.75) is 32.2 Å². The number of likely N-dealkylation sites (N-methyl/N-ethyl adjacent to an activating group) is 1. The lowest BCUT2D eigenvalue weighted by Crippen LogP contribution is -2.35. The third-order valence-electron chi connectivity index (χ3n) is 6.07. The second-order valence-electron chi connectivity index (χ2n) is 8.29. The van der Waals surface area contributed by atoms with Crippen molar-refractivity contribution in [3.8, 4) is 11.4 Å². The molecule has 0 spiro atoms. The van der Waals surface area contributed by atoms with E-state index in [1.165, 1.54) is 5.69 Å². The predicted molar refractivity (Wildman–Crippen MR) is 122 cm³/mol. The van der Waals surface area contributed by atoms with Crippen LogP contribution in [0.15, 0.2) is 48.5 Å². The maximum atomic E-state index is 13.2. The van der Waals surface area contributed by atoms with Gasteiger partial charge in [-0.05, 0) is 69.6 Å². The van der Waals surface area contributed by atoms with E-state index in [0.717, 1.165) is 47.4 Å². The van der Waals surface area contributed by atoms with E-state index in [1.54, 1.807) is 7.11 Å². The summed E-state index contributed by atoms with van der Waals surface area (Å²) in [7, 11) is 5.70. The number of nitrogens with one attached hydrogen (secondary N) is 1. The molecule has 0 fully saturated rings. The number of hydrogen-bond donors (Lipinski definition) is 1. The van der Waals surface area contributed by atoms with E-state index >= 15 is 0 Å². The molecular weight excluding hydrogens is 388 g/mol. The Kier molecular flexibility index (Phi) is 6.09. The Bertz CT molecular complexity index is 1070. The van der Waals surface area contributed by atoms with Gasteiger partial charge < -0.3 is 15.0 Å². The Morgan fingerprint density at radius 2 is 1.90 bits per heavy atom. The molecule has 1 unspecified atom stereocenters. The monoisotopic (exact) mass is 418 g/mol. The first-order valence-corrected chi connectivity index (χ1v) is 10.7. The fraction of sp³-hybridized carbons (Fsp3) is 0.360. The van der Waals surface area contributed by atoms with Gasteiger partial charge in [-0.3, -0.25) is 4.79 Å². The molecule has 1 aliphatic rings. The molecule has 0 aliphatic heterocycles. The van der Waals surface area contributed by atoms with Crippen LogP contribution >= 0.6 is 0 Å². The number of carbonyl (C=O) groups is 1. The molecule has 31 heavy (non-hydrogen) atoms. The number of nitrogens with zero attached hydrogens (tertiary/aromatic N) is 3. The summed E-state index contributed by atoms with van der Waals surface area (Å²) in [6.07, 6.45) is 2.92. The normalized spacial score (nSPS) is 13.8. The van der Waals surface area contributed by atoms with E-state index in [1.807, 2.05) is 55.2 Å². The van der Waals surface area contributed by atoms with Crippen LogP contribution in [-0.4, -0.2) is 48.3 Å². The van der Waals surface area contributed by atoms with Crippen LogP contribution in [0.2, 0.25) is 0 Å². The van der Waals surface area contributed by atoms with Gasteiger partial charge >= 0.3 is 0 Å². The highest BCUT2D eigenvalue weighted by molar-refractivity contribution is 5.94. The Labute approximate surface area is 183 Å². The van der Waals surface area contributed by atoms with E-state index in [2.05, 4.69) is 29.3 Å². The summed E-state index contributed by atoms with van der Waals surface area (Å²) in [5.74, 6) is 0.716. The van der Waals surface area contributed by atoms with Gasteiger partial charge in [0, 0.05) is 17.8 Å². The Balaban J connectivity index is 1.56. The van der Waals surface area contributed by atoms with Crippen LogP contribution in [0.25, 0.3) is 5.69 Å². The predicted octanol–water partition coefficient (Wildman–Crippen LogP) is 3.71. The molecule has 1 atom stereocenters. The zero-order chi connectivity index (χ0) is 22.0. The van der Waals surface area contributed by atoms with Gasteiger partial charge in [0.15, 0.2) is 5.69 Å². The fourth-order valence-electron chi connectivity index (χ4n) is 4.32. The Morgan fingerprint density at radius 3 is 2.58 bits per heavy atom. The van der Waals surface area contributed by atoms with E-state index in [4.69, 9.17) is 9.84 Å². The zero-order valence-electron chi connectivity index (χ0n) is 18.7. The number of hydrogen-bond acceptors (Lipinski definition) is 4. The van der Waals surface area contributed by atoms with E-state index < -0.39 is 0 Å². The molecule has 4 rings (SSSR count). The minimum absolute atomic E-state index is 0.0568. The zero-order valence-corrected chi connectivity index (χ0v) is 18.7. The van der Waals surface area contributed by atoms with Crippen LogP contribution in [0.4, 0.5) is 0 Å². The van der Waals surface area contributed by atoms with Crippen LogP contribution in [0.5, 0.6) is 5.75 Å². The number of aryl methyl sites for hydroxylation is 1. The molecule has 1 N–H and O–H groups in total. The lowest BCUT2D eigenvalue weighted by molar-refractivity contribution is 0.0935. The molecule has 3 aromatic rings. The summed E-state index contributed by atoms with van der Waals surface area (Å²) < 4.78 is 7.23. The molecular formula is C25H30N4O2. The second-order valence-corrected chi connectivity index (χ2v) is 8.29. The van der Waals surface area contributed by atoms with Gasteiger partial charge in [-0.25, -0.2) is 4.68 Å². The third kappa shape index (κ3) is 4.21. The van der Waals surface area contributed by atoms with Gasteiger partial charge in [-0.15, -0.1) is 0 Å². The van der Waals surface area contributed by atoms with E-state index in [9.17, 15) is 4.79 Å². The number of methoxy groups -OCH3 is 1. The van der Waals surface area contributed by atoms with Gasteiger partial charge in [0.25, 0.3) is 5.91 Å². The highest BCUT2D eigenvalue weighted by atomic mass is 16.5. The Morgan fingerprint density at radius 1 is 1.16 bits per heavy atom. The molecule has 1 aromatic heterocycles. The minimum Gasteiger partial charge on any atom is -0.497 e. The van der Waals surface area contributed by atoms with Crippen molar-refractivity contribution >= 4 is 5.91 Å². The van der Waals surface area contributed by atoms with E-state index in [0.29, 0.717) is 12.2 Å². The third-order valence-corrected chi connectivity index (χ3v) is 6.07. The molecule has 0 radical (unpaired) electrons. The van der Waals surface area contributed by atoms with Crippen molar-refractivity contribution in [1.29, 1.82) is 0 Å². The number of aromatic nitrogens is 2. The maximum absolute atomic E-state index is 13.2. The van der Waals surface area contributed by atoms with Gasteiger partial charge in [0.05, 0.1) is 18.8 Å². The quantitative estimate of drug-likeness (QED) is 0.635. The van der Waals surface area contributed by atoms with Gasteiger partial charge in [-0.1, -0.05) is 30.3 Å². The molecule has 162 valence electrons. The van der Waals surface area contributed by atoms with Crippen molar-refractivity contribution in [2.75, 3.05) is 27.7 Å². The first-order valence-electron chi connectivity index (χ1n) is 10.7. The van der Waals surface area contributed by atoms with Crippen molar-refractivity contribution in [3.63, 3.8) is 0 Å². The van der Waals surface area contributed by atoms with Gasteiger partial charge in [0.1, 0.15) is 5.75 Å². The lowest BCUT2D eigenvalue weighted by atomic mass is 10.1. The number of fused-ring (bicyclic) bond motifs is 1.